The Morgan fingerprint density at radius 1 is 0.800 bits per heavy atom. The number of nitrogens with two attached hydrogens (primary N) is 1. The molecular weight excluding hydrogens is 574 g/mol. The summed E-state index contributed by atoms with van der Waals surface area (Å²) in [5.41, 5.74) is 8.63. The van der Waals surface area contributed by atoms with Gasteiger partial charge in [0.1, 0.15) is 24.1 Å². The molecule has 9 heteroatoms. The molecular formula is C31H24Cl3FN2O3. The lowest BCUT2D eigenvalue weighted by Crippen LogP contribution is -2.55. The molecule has 1 aliphatic rings. The van der Waals surface area contributed by atoms with Gasteiger partial charge in [-0.15, -0.1) is 0 Å². The minimum atomic E-state index is -1.14. The van der Waals surface area contributed by atoms with Crippen molar-refractivity contribution in [3.63, 3.8) is 0 Å². The van der Waals surface area contributed by atoms with Crippen LogP contribution in [0.3, 0.4) is 0 Å². The zero-order valence-corrected chi connectivity index (χ0v) is 23.3. The summed E-state index contributed by atoms with van der Waals surface area (Å²) in [6.07, 6.45) is -1.56. The molecule has 2 N–H and O–H groups in total. The molecule has 2 amide bonds. The van der Waals surface area contributed by atoms with E-state index in [1.54, 1.807) is 72.8 Å². The Labute approximate surface area is 246 Å². The van der Waals surface area contributed by atoms with E-state index in [1.807, 2.05) is 12.1 Å². The molecule has 0 radical (unpaired) electrons. The van der Waals surface area contributed by atoms with Crippen LogP contribution in [-0.2, 0) is 20.7 Å². The van der Waals surface area contributed by atoms with Crippen LogP contribution in [-0.4, -0.2) is 22.8 Å². The molecule has 0 aliphatic carbocycles. The van der Waals surface area contributed by atoms with Crippen molar-refractivity contribution < 1.29 is 18.7 Å². The van der Waals surface area contributed by atoms with Crippen molar-refractivity contribution in [3.05, 3.63) is 140 Å². The molecule has 4 aromatic rings. The number of benzene rings is 4. The second-order valence-electron chi connectivity index (χ2n) is 9.53. The number of hydrogen-bond acceptors (Lipinski definition) is 3. The van der Waals surface area contributed by atoms with Crippen molar-refractivity contribution >= 4 is 46.6 Å². The van der Waals surface area contributed by atoms with Gasteiger partial charge in [0, 0.05) is 21.5 Å². The van der Waals surface area contributed by atoms with E-state index in [-0.39, 0.29) is 12.2 Å². The predicted octanol–water partition coefficient (Wildman–Crippen LogP) is 7.27. The summed E-state index contributed by atoms with van der Waals surface area (Å²) in [7, 11) is 0. The molecule has 0 unspecified atom stereocenters. The monoisotopic (exact) mass is 596 g/mol. The van der Waals surface area contributed by atoms with Crippen molar-refractivity contribution in [2.75, 3.05) is 0 Å². The molecule has 1 saturated heterocycles. The molecule has 1 heterocycles. The molecule has 5 rings (SSSR count). The van der Waals surface area contributed by atoms with Crippen molar-refractivity contribution in [1.29, 1.82) is 0 Å². The number of ether oxygens (including phenoxy) is 1. The van der Waals surface area contributed by atoms with E-state index in [0.717, 1.165) is 5.56 Å². The van der Waals surface area contributed by atoms with E-state index in [0.29, 0.717) is 31.8 Å². The van der Waals surface area contributed by atoms with Gasteiger partial charge in [-0.1, -0.05) is 83.3 Å². The molecule has 5 nitrogen and oxygen atoms in total. The highest BCUT2D eigenvalue weighted by atomic mass is 35.5. The molecule has 4 atom stereocenters. The maximum Gasteiger partial charge on any atom is 0.253 e. The summed E-state index contributed by atoms with van der Waals surface area (Å²) < 4.78 is 20.1. The van der Waals surface area contributed by atoms with E-state index in [2.05, 4.69) is 0 Å². The topological polar surface area (TPSA) is 72.6 Å². The molecule has 1 fully saturated rings. The quantitative estimate of drug-likeness (QED) is 0.244. The zero-order valence-electron chi connectivity index (χ0n) is 21.0. The normalized spacial score (nSPS) is 19.9. The van der Waals surface area contributed by atoms with Crippen molar-refractivity contribution in [2.45, 2.75) is 30.7 Å². The highest BCUT2D eigenvalue weighted by Gasteiger charge is 2.48. The van der Waals surface area contributed by atoms with E-state index < -0.39 is 36.1 Å². The van der Waals surface area contributed by atoms with Gasteiger partial charge in [0.2, 0.25) is 5.91 Å². The Bertz CT molecular complexity index is 1500. The molecule has 0 saturated carbocycles. The number of morpholine rings is 1. The number of rotatable bonds is 7. The first kappa shape index (κ1) is 28.1. The van der Waals surface area contributed by atoms with E-state index in [4.69, 9.17) is 45.3 Å². The fraction of sp³-hybridized carbons (Fsp3) is 0.161. The lowest BCUT2D eigenvalue weighted by molar-refractivity contribution is -0.181. The second-order valence-corrected chi connectivity index (χ2v) is 10.8. The van der Waals surface area contributed by atoms with Crippen LogP contribution in [0, 0.1) is 5.82 Å². The van der Waals surface area contributed by atoms with Gasteiger partial charge in [-0.25, -0.2) is 4.39 Å². The van der Waals surface area contributed by atoms with Crippen LogP contribution in [0.1, 0.15) is 40.4 Å². The number of carbonyl (C=O) groups excluding carboxylic acids is 2. The number of carbonyl (C=O) groups is 2. The van der Waals surface area contributed by atoms with E-state index >= 15 is 0 Å². The van der Waals surface area contributed by atoms with Crippen LogP contribution in [0.4, 0.5) is 4.39 Å². The van der Waals surface area contributed by atoms with Gasteiger partial charge in [0.15, 0.2) is 0 Å². The molecule has 1 aliphatic heterocycles. The first-order chi connectivity index (χ1) is 19.2. The first-order valence-corrected chi connectivity index (χ1v) is 13.6. The van der Waals surface area contributed by atoms with E-state index in [1.165, 1.54) is 17.0 Å². The van der Waals surface area contributed by atoms with Crippen molar-refractivity contribution in [3.8, 4) is 0 Å². The third-order valence-corrected chi connectivity index (χ3v) is 7.66. The lowest BCUT2D eigenvalue weighted by atomic mass is 9.88. The summed E-state index contributed by atoms with van der Waals surface area (Å²) in [6.45, 7) is 0. The lowest BCUT2D eigenvalue weighted by Gasteiger charge is -2.47. The number of primary amides is 1. The Morgan fingerprint density at radius 2 is 1.30 bits per heavy atom. The molecule has 40 heavy (non-hydrogen) atoms. The van der Waals surface area contributed by atoms with Gasteiger partial charge in [-0.2, -0.15) is 0 Å². The highest BCUT2D eigenvalue weighted by Crippen LogP contribution is 2.46. The average Bonchev–Trinajstić information content (AvgIpc) is 2.94. The van der Waals surface area contributed by atoms with Gasteiger partial charge in [-0.05, 0) is 70.8 Å². The molecule has 0 spiro atoms. The van der Waals surface area contributed by atoms with Gasteiger partial charge in [0.25, 0.3) is 5.91 Å². The Hall–Kier alpha value is -3.42. The summed E-state index contributed by atoms with van der Waals surface area (Å²) in [5.74, 6) is -1.54. The van der Waals surface area contributed by atoms with Crippen LogP contribution >= 0.6 is 34.8 Å². The summed E-state index contributed by atoms with van der Waals surface area (Å²) in [4.78, 5) is 28.9. The predicted molar refractivity (Wildman–Crippen MR) is 154 cm³/mol. The maximum absolute atomic E-state index is 14.3. The van der Waals surface area contributed by atoms with E-state index in [9.17, 15) is 14.0 Å². The third-order valence-electron chi connectivity index (χ3n) is 6.91. The average molecular weight is 598 g/mol. The van der Waals surface area contributed by atoms with Crippen LogP contribution < -0.4 is 5.73 Å². The van der Waals surface area contributed by atoms with Crippen LogP contribution in [0.5, 0.6) is 0 Å². The first-order valence-electron chi connectivity index (χ1n) is 12.5. The highest BCUT2D eigenvalue weighted by molar-refractivity contribution is 6.31. The Morgan fingerprint density at radius 3 is 1.82 bits per heavy atom. The Kier molecular flexibility index (Phi) is 8.43. The fourth-order valence-electron chi connectivity index (χ4n) is 5.03. The molecule has 4 aromatic carbocycles. The minimum absolute atomic E-state index is 0.152. The number of nitrogens with zero attached hydrogens (tertiary/aromatic N) is 1. The number of amides is 2. The summed E-state index contributed by atoms with van der Waals surface area (Å²) in [6, 6.07) is 24.7. The largest absolute Gasteiger partial charge is 0.368 e. The SMILES string of the molecule is NC(=O)[C@@H](c1ccc(Cl)cc1)N1C(=O)[C@@H](Cc2ccc(F)cc2)O[C@H](c2ccc(Cl)cc2)[C@@H]1c1ccc(Cl)cc1. The molecule has 204 valence electrons. The number of hydrogen-bond donors (Lipinski definition) is 1. The standard InChI is InChI=1S/C31H24Cl3FN2O3/c32-22-9-3-19(4-10-22)27-29(21-7-13-24(34)14-8-21)40-26(17-18-1-15-25(35)16-2-18)31(39)37(27)28(30(36)38)20-5-11-23(33)12-6-20/h1-16,26-29H,17H2,(H2,36,38)/t26-,27+,28-,29-/m1/s1. The third kappa shape index (κ3) is 6.01. The second kappa shape index (κ2) is 12.0. The smallest absolute Gasteiger partial charge is 0.253 e. The molecule has 0 bridgehead atoms. The van der Waals surface area contributed by atoms with Gasteiger partial charge >= 0.3 is 0 Å². The van der Waals surface area contributed by atoms with Crippen molar-refractivity contribution in [1.82, 2.24) is 4.90 Å². The van der Waals surface area contributed by atoms with Crippen LogP contribution in [0.15, 0.2) is 97.1 Å². The van der Waals surface area contributed by atoms with Gasteiger partial charge in [0.05, 0.1) is 6.04 Å². The van der Waals surface area contributed by atoms with Crippen LogP contribution in [0.25, 0.3) is 0 Å². The van der Waals surface area contributed by atoms with Crippen molar-refractivity contribution in [2.24, 2.45) is 5.73 Å². The maximum atomic E-state index is 14.3. The molecule has 0 aromatic heterocycles. The summed E-state index contributed by atoms with van der Waals surface area (Å²) in [5, 5.41) is 1.53. The Balaban J connectivity index is 1.68. The van der Waals surface area contributed by atoms with Crippen LogP contribution in [0.2, 0.25) is 15.1 Å². The zero-order chi connectivity index (χ0) is 28.4. The number of halogens is 4. The fourth-order valence-corrected chi connectivity index (χ4v) is 5.41. The minimum Gasteiger partial charge on any atom is -0.368 e. The summed E-state index contributed by atoms with van der Waals surface area (Å²) >= 11 is 18.5. The van der Waals surface area contributed by atoms with Gasteiger partial charge in [-0.3, -0.25) is 9.59 Å². The van der Waals surface area contributed by atoms with Gasteiger partial charge < -0.3 is 15.4 Å².